The van der Waals surface area contributed by atoms with Gasteiger partial charge in [-0.25, -0.2) is 13.2 Å². The third-order valence-electron chi connectivity index (χ3n) is 4.43. The number of amides is 1. The maximum Gasteiger partial charge on any atom is 0.410 e. The van der Waals surface area contributed by atoms with Gasteiger partial charge < -0.3 is 14.7 Å². The molecule has 2 N–H and O–H groups in total. The standard InChI is InChI=1S/C19H30N2O5S/c1-13(2)27(24,25)20-15-8-6-7-14(11-15)16-9-10-21(12-17(16)22)18(23)26-19(3,4)5/h6-8,11,13,16-17,20,22H,9-10,12H2,1-5H3/t16-,17-/m0/s1. The van der Waals surface area contributed by atoms with E-state index in [4.69, 9.17) is 4.74 Å². The summed E-state index contributed by atoms with van der Waals surface area (Å²) in [5, 5.41) is 10.0. The number of hydrogen-bond donors (Lipinski definition) is 2. The van der Waals surface area contributed by atoms with Crippen LogP contribution in [-0.2, 0) is 14.8 Å². The molecule has 1 heterocycles. The number of carbonyl (C=O) groups is 1. The van der Waals surface area contributed by atoms with E-state index >= 15 is 0 Å². The summed E-state index contributed by atoms with van der Waals surface area (Å²) in [6.07, 6.45) is -0.609. The van der Waals surface area contributed by atoms with Gasteiger partial charge in [0.25, 0.3) is 0 Å². The van der Waals surface area contributed by atoms with Gasteiger partial charge in [-0.1, -0.05) is 12.1 Å². The number of carbonyl (C=O) groups excluding carboxylic acids is 1. The van der Waals surface area contributed by atoms with E-state index < -0.39 is 33.1 Å². The average molecular weight is 399 g/mol. The summed E-state index contributed by atoms with van der Waals surface area (Å²) in [7, 11) is -3.43. The predicted octanol–water partition coefficient (Wildman–Crippen LogP) is 2.92. The Morgan fingerprint density at radius 1 is 1.33 bits per heavy atom. The van der Waals surface area contributed by atoms with E-state index in [-0.39, 0.29) is 12.5 Å². The lowest BCUT2D eigenvalue weighted by Gasteiger charge is -2.37. The van der Waals surface area contributed by atoms with Gasteiger partial charge >= 0.3 is 6.09 Å². The Morgan fingerprint density at radius 2 is 2.00 bits per heavy atom. The van der Waals surface area contributed by atoms with Crippen LogP contribution in [-0.4, -0.2) is 54.6 Å². The van der Waals surface area contributed by atoms with Gasteiger partial charge in [-0.05, 0) is 58.7 Å². The molecule has 0 aliphatic carbocycles. The second-order valence-corrected chi connectivity index (χ2v) is 10.4. The lowest BCUT2D eigenvalue weighted by atomic mass is 9.87. The second kappa shape index (κ2) is 8.06. The van der Waals surface area contributed by atoms with Gasteiger partial charge in [0.1, 0.15) is 5.60 Å². The Kier molecular flexibility index (Phi) is 6.42. The molecule has 27 heavy (non-hydrogen) atoms. The number of sulfonamides is 1. The van der Waals surface area contributed by atoms with Crippen LogP contribution in [0.15, 0.2) is 24.3 Å². The summed E-state index contributed by atoms with van der Waals surface area (Å²) in [6, 6.07) is 7.06. The van der Waals surface area contributed by atoms with E-state index in [1.165, 1.54) is 4.90 Å². The van der Waals surface area contributed by atoms with Crippen LogP contribution in [0.4, 0.5) is 10.5 Å². The molecular weight excluding hydrogens is 368 g/mol. The first-order valence-corrected chi connectivity index (χ1v) is 10.7. The summed E-state index contributed by atoms with van der Waals surface area (Å²) < 4.78 is 32.1. The van der Waals surface area contributed by atoms with Gasteiger partial charge in [0.15, 0.2) is 0 Å². The number of piperidine rings is 1. The molecule has 1 aliphatic heterocycles. The van der Waals surface area contributed by atoms with Crippen molar-refractivity contribution in [1.29, 1.82) is 0 Å². The molecule has 152 valence electrons. The molecule has 1 aliphatic rings. The van der Waals surface area contributed by atoms with Crippen LogP contribution in [0.2, 0.25) is 0 Å². The van der Waals surface area contributed by atoms with Crippen molar-refractivity contribution >= 4 is 21.8 Å². The summed E-state index contributed by atoms with van der Waals surface area (Å²) in [4.78, 5) is 13.7. The zero-order valence-electron chi connectivity index (χ0n) is 16.6. The van der Waals surface area contributed by atoms with Crippen molar-refractivity contribution in [1.82, 2.24) is 4.90 Å². The first kappa shape index (κ1) is 21.5. The van der Waals surface area contributed by atoms with Crippen LogP contribution in [0, 0.1) is 0 Å². The van der Waals surface area contributed by atoms with Crippen LogP contribution >= 0.6 is 0 Å². The summed E-state index contributed by atoms with van der Waals surface area (Å²) in [5.41, 5.74) is 0.735. The van der Waals surface area contributed by atoms with Gasteiger partial charge in [0.2, 0.25) is 10.0 Å². The van der Waals surface area contributed by atoms with Crippen molar-refractivity contribution in [3.05, 3.63) is 29.8 Å². The lowest BCUT2D eigenvalue weighted by molar-refractivity contribution is -0.00151. The smallest absolute Gasteiger partial charge is 0.410 e. The van der Waals surface area contributed by atoms with Gasteiger partial charge in [-0.15, -0.1) is 0 Å². The van der Waals surface area contributed by atoms with Crippen molar-refractivity contribution in [2.75, 3.05) is 17.8 Å². The number of β-amino-alcohol motifs (C(OH)–C–C–N with tert-alkyl or cyclic N) is 1. The van der Waals surface area contributed by atoms with Crippen molar-refractivity contribution in [2.24, 2.45) is 0 Å². The quantitative estimate of drug-likeness (QED) is 0.813. The summed E-state index contributed by atoms with van der Waals surface area (Å²) >= 11 is 0. The maximum absolute atomic E-state index is 12.2. The SMILES string of the molecule is CC(C)S(=O)(=O)Nc1cccc([C@@H]2CCN(C(=O)OC(C)(C)C)C[C@@H]2O)c1. The van der Waals surface area contributed by atoms with Gasteiger partial charge in [-0.3, -0.25) is 4.72 Å². The van der Waals surface area contributed by atoms with Gasteiger partial charge in [-0.2, -0.15) is 0 Å². The highest BCUT2D eigenvalue weighted by molar-refractivity contribution is 7.93. The lowest BCUT2D eigenvalue weighted by Crippen LogP contribution is -2.47. The van der Waals surface area contributed by atoms with Gasteiger partial charge in [0, 0.05) is 18.2 Å². The van der Waals surface area contributed by atoms with Crippen molar-refractivity contribution in [3.8, 4) is 0 Å². The van der Waals surface area contributed by atoms with Crippen LogP contribution in [0.25, 0.3) is 0 Å². The minimum absolute atomic E-state index is 0.174. The maximum atomic E-state index is 12.2. The Balaban J connectivity index is 2.08. The number of nitrogens with zero attached hydrogens (tertiary/aromatic N) is 1. The van der Waals surface area contributed by atoms with Crippen LogP contribution < -0.4 is 4.72 Å². The van der Waals surface area contributed by atoms with Crippen molar-refractivity contribution in [3.63, 3.8) is 0 Å². The molecule has 7 nitrogen and oxygen atoms in total. The largest absolute Gasteiger partial charge is 0.444 e. The number of aliphatic hydroxyl groups is 1. The van der Waals surface area contributed by atoms with Gasteiger partial charge in [0.05, 0.1) is 17.9 Å². The number of aliphatic hydroxyl groups excluding tert-OH is 1. The van der Waals surface area contributed by atoms with E-state index in [9.17, 15) is 18.3 Å². The molecule has 1 aromatic carbocycles. The molecule has 1 saturated heterocycles. The predicted molar refractivity (Wildman–Crippen MR) is 105 cm³/mol. The Labute approximate surface area is 161 Å². The number of nitrogens with one attached hydrogen (secondary N) is 1. The zero-order valence-corrected chi connectivity index (χ0v) is 17.4. The molecule has 1 fully saturated rings. The third-order valence-corrected chi connectivity index (χ3v) is 6.19. The molecule has 8 heteroatoms. The van der Waals surface area contributed by atoms with E-state index in [0.717, 1.165) is 5.56 Å². The molecule has 0 radical (unpaired) electrons. The highest BCUT2D eigenvalue weighted by Crippen LogP contribution is 2.31. The fraction of sp³-hybridized carbons (Fsp3) is 0.632. The average Bonchev–Trinajstić information content (AvgIpc) is 2.52. The van der Waals surface area contributed by atoms with Crippen LogP contribution in [0.5, 0.6) is 0 Å². The molecule has 2 atom stereocenters. The molecule has 2 rings (SSSR count). The fourth-order valence-corrected chi connectivity index (χ4v) is 3.62. The van der Waals surface area contributed by atoms with Crippen LogP contribution in [0.1, 0.15) is 52.5 Å². The minimum atomic E-state index is -3.43. The molecule has 0 bridgehead atoms. The normalized spacial score (nSPS) is 21.2. The Hall–Kier alpha value is -1.80. The number of rotatable bonds is 4. The van der Waals surface area contributed by atoms with E-state index in [1.54, 1.807) is 52.8 Å². The molecule has 1 aromatic rings. The Morgan fingerprint density at radius 3 is 2.56 bits per heavy atom. The van der Waals surface area contributed by atoms with E-state index in [0.29, 0.717) is 18.7 Å². The Bertz CT molecular complexity index is 771. The topological polar surface area (TPSA) is 95.9 Å². The van der Waals surface area contributed by atoms with E-state index in [2.05, 4.69) is 4.72 Å². The summed E-state index contributed by atoms with van der Waals surface area (Å²) in [6.45, 7) is 9.29. The van der Waals surface area contributed by atoms with E-state index in [1.807, 2.05) is 6.07 Å². The molecular formula is C19H30N2O5S. The monoisotopic (exact) mass is 398 g/mol. The zero-order chi connectivity index (χ0) is 20.4. The highest BCUT2D eigenvalue weighted by atomic mass is 32.2. The number of ether oxygens (including phenoxy) is 1. The number of benzene rings is 1. The third kappa shape index (κ3) is 5.84. The first-order valence-electron chi connectivity index (χ1n) is 9.16. The number of anilines is 1. The summed E-state index contributed by atoms with van der Waals surface area (Å²) in [5.74, 6) is -0.174. The first-order chi connectivity index (χ1) is 12.4. The highest BCUT2D eigenvalue weighted by Gasteiger charge is 2.33. The fourth-order valence-electron chi connectivity index (χ4n) is 2.93. The van der Waals surface area contributed by atoms with Crippen molar-refractivity contribution in [2.45, 2.75) is 63.9 Å². The molecule has 0 saturated carbocycles. The van der Waals surface area contributed by atoms with Crippen molar-refractivity contribution < 1.29 is 23.1 Å². The molecule has 0 spiro atoms. The molecule has 0 unspecified atom stereocenters. The second-order valence-electron chi connectivity index (χ2n) is 8.21. The molecule has 1 amide bonds. The minimum Gasteiger partial charge on any atom is -0.444 e. The molecule has 0 aromatic heterocycles. The van der Waals surface area contributed by atoms with Crippen LogP contribution in [0.3, 0.4) is 0 Å². The number of hydrogen-bond acceptors (Lipinski definition) is 5. The number of likely N-dealkylation sites (tertiary alicyclic amines) is 1.